The van der Waals surface area contributed by atoms with Gasteiger partial charge in [-0.2, -0.15) is 0 Å². The second kappa shape index (κ2) is 12.2. The van der Waals surface area contributed by atoms with Crippen molar-refractivity contribution < 1.29 is 9.53 Å². The maximum Gasteiger partial charge on any atom is 0.253 e. The molecule has 0 spiro atoms. The Bertz CT molecular complexity index is 1070. The third-order valence-corrected chi connectivity index (χ3v) is 5.02. The zero-order valence-corrected chi connectivity index (χ0v) is 19.4. The van der Waals surface area contributed by atoms with Crippen LogP contribution in [0, 0.1) is 0 Å². The van der Waals surface area contributed by atoms with Crippen LogP contribution in [0.5, 0.6) is 5.88 Å². The molecule has 0 saturated heterocycles. The summed E-state index contributed by atoms with van der Waals surface area (Å²) in [6.07, 6.45) is 2.50. The minimum Gasteiger partial charge on any atom is -0.473 e. The summed E-state index contributed by atoms with van der Waals surface area (Å²) in [6, 6.07) is 21.6. The van der Waals surface area contributed by atoms with Gasteiger partial charge in [0.15, 0.2) is 5.96 Å². The number of carbonyl (C=O) groups excluding carboxylic acids is 1. The quantitative estimate of drug-likeness (QED) is 0.390. The summed E-state index contributed by atoms with van der Waals surface area (Å²) in [5.41, 5.74) is 3.83. The Morgan fingerprint density at radius 2 is 1.79 bits per heavy atom. The molecule has 0 atom stereocenters. The highest BCUT2D eigenvalue weighted by molar-refractivity contribution is 5.94. The molecule has 1 heterocycles. The van der Waals surface area contributed by atoms with Crippen molar-refractivity contribution in [3.8, 4) is 5.88 Å². The van der Waals surface area contributed by atoms with E-state index in [0.717, 1.165) is 23.1 Å². The van der Waals surface area contributed by atoms with E-state index >= 15 is 0 Å². The lowest BCUT2D eigenvalue weighted by atomic mass is 10.1. The summed E-state index contributed by atoms with van der Waals surface area (Å²) in [5.74, 6) is 1.30. The van der Waals surface area contributed by atoms with Crippen molar-refractivity contribution in [2.45, 2.75) is 19.6 Å². The molecule has 0 aliphatic rings. The van der Waals surface area contributed by atoms with Gasteiger partial charge in [-0.25, -0.2) is 4.98 Å². The molecule has 3 rings (SSSR count). The third-order valence-electron chi connectivity index (χ3n) is 5.02. The average molecular weight is 446 g/mol. The van der Waals surface area contributed by atoms with Gasteiger partial charge in [0.25, 0.3) is 5.91 Å². The van der Waals surface area contributed by atoms with Crippen LogP contribution in [-0.2, 0) is 19.6 Å². The van der Waals surface area contributed by atoms with E-state index < -0.39 is 0 Å². The number of benzene rings is 2. The molecule has 1 aromatic heterocycles. The Labute approximate surface area is 195 Å². The number of ether oxygens (including phenoxy) is 1. The molecular weight excluding hydrogens is 414 g/mol. The van der Waals surface area contributed by atoms with Gasteiger partial charge in [0.1, 0.15) is 6.61 Å². The number of aromatic nitrogens is 1. The number of aliphatic imine (C=N–C) groups is 1. The van der Waals surface area contributed by atoms with Gasteiger partial charge in [-0.05, 0) is 35.7 Å². The Morgan fingerprint density at radius 3 is 2.55 bits per heavy atom. The minimum atomic E-state index is 0.00374. The van der Waals surface area contributed by atoms with E-state index in [0.29, 0.717) is 37.1 Å². The maximum absolute atomic E-state index is 12.2. The molecule has 1 amide bonds. The molecule has 2 aromatic carbocycles. The average Bonchev–Trinajstić information content (AvgIpc) is 2.85. The Hall–Kier alpha value is -3.87. The van der Waals surface area contributed by atoms with Gasteiger partial charge >= 0.3 is 0 Å². The van der Waals surface area contributed by atoms with E-state index in [1.165, 1.54) is 0 Å². The fourth-order valence-electron chi connectivity index (χ4n) is 3.26. The van der Waals surface area contributed by atoms with E-state index in [1.54, 1.807) is 32.2 Å². The van der Waals surface area contributed by atoms with Crippen LogP contribution in [0.3, 0.4) is 0 Å². The number of hydrogen-bond donors (Lipinski definition) is 2. The first-order valence-corrected chi connectivity index (χ1v) is 10.9. The smallest absolute Gasteiger partial charge is 0.253 e. The lowest BCUT2D eigenvalue weighted by Crippen LogP contribution is -2.38. The largest absolute Gasteiger partial charge is 0.473 e. The first-order chi connectivity index (χ1) is 16.1. The molecule has 7 heteroatoms. The number of nitrogens with zero attached hydrogens (tertiary/aromatic N) is 3. The van der Waals surface area contributed by atoms with Crippen LogP contribution in [0.1, 0.15) is 27.0 Å². The Balaban J connectivity index is 1.50. The van der Waals surface area contributed by atoms with E-state index in [1.807, 2.05) is 66.7 Å². The van der Waals surface area contributed by atoms with E-state index in [-0.39, 0.29) is 5.91 Å². The summed E-state index contributed by atoms with van der Waals surface area (Å²) in [5, 5.41) is 6.63. The monoisotopic (exact) mass is 445 g/mol. The summed E-state index contributed by atoms with van der Waals surface area (Å²) in [6.45, 7) is 1.68. The first kappa shape index (κ1) is 23.8. The summed E-state index contributed by atoms with van der Waals surface area (Å²) >= 11 is 0. The van der Waals surface area contributed by atoms with Crippen LogP contribution in [0.4, 0.5) is 0 Å². The molecule has 0 bridgehead atoms. The number of nitrogens with one attached hydrogen (secondary N) is 2. The molecule has 7 nitrogen and oxygen atoms in total. The van der Waals surface area contributed by atoms with Gasteiger partial charge in [-0.15, -0.1) is 0 Å². The number of carbonyl (C=O) groups is 1. The molecule has 0 unspecified atom stereocenters. The number of amides is 1. The topological polar surface area (TPSA) is 78.9 Å². The molecule has 172 valence electrons. The number of pyridine rings is 1. The summed E-state index contributed by atoms with van der Waals surface area (Å²) < 4.78 is 5.93. The van der Waals surface area contributed by atoms with Crippen LogP contribution in [-0.4, -0.2) is 49.4 Å². The van der Waals surface area contributed by atoms with Crippen molar-refractivity contribution >= 4 is 11.9 Å². The molecule has 0 radical (unpaired) electrons. The SMILES string of the molecule is CN=C(NCCc1cccc(C(=O)N(C)C)c1)NCc1cccnc1OCc1ccccc1. The normalized spacial score (nSPS) is 11.1. The summed E-state index contributed by atoms with van der Waals surface area (Å²) in [7, 11) is 5.25. The second-order valence-corrected chi connectivity index (χ2v) is 7.74. The van der Waals surface area contributed by atoms with Crippen molar-refractivity contribution in [1.82, 2.24) is 20.5 Å². The van der Waals surface area contributed by atoms with Crippen molar-refractivity contribution in [3.05, 3.63) is 95.2 Å². The van der Waals surface area contributed by atoms with Crippen LogP contribution in [0.15, 0.2) is 77.9 Å². The first-order valence-electron chi connectivity index (χ1n) is 10.9. The number of rotatable bonds is 9. The zero-order chi connectivity index (χ0) is 23.5. The van der Waals surface area contributed by atoms with Crippen LogP contribution < -0.4 is 15.4 Å². The minimum absolute atomic E-state index is 0.00374. The van der Waals surface area contributed by atoms with Gasteiger partial charge in [-0.1, -0.05) is 48.5 Å². The van der Waals surface area contributed by atoms with Crippen molar-refractivity contribution in [3.63, 3.8) is 0 Å². The van der Waals surface area contributed by atoms with Gasteiger partial charge in [-0.3, -0.25) is 9.79 Å². The molecule has 33 heavy (non-hydrogen) atoms. The zero-order valence-electron chi connectivity index (χ0n) is 19.4. The van der Waals surface area contributed by atoms with Gasteiger partial charge in [0.05, 0.1) is 0 Å². The highest BCUT2D eigenvalue weighted by Gasteiger charge is 2.09. The maximum atomic E-state index is 12.2. The van der Waals surface area contributed by atoms with Crippen molar-refractivity contribution in [1.29, 1.82) is 0 Å². The molecule has 0 aliphatic heterocycles. The lowest BCUT2D eigenvalue weighted by molar-refractivity contribution is 0.0827. The molecule has 0 fully saturated rings. The Kier molecular flexibility index (Phi) is 8.82. The highest BCUT2D eigenvalue weighted by atomic mass is 16.5. The van der Waals surface area contributed by atoms with Gasteiger partial charge in [0.2, 0.25) is 5.88 Å². The highest BCUT2D eigenvalue weighted by Crippen LogP contribution is 2.16. The lowest BCUT2D eigenvalue weighted by Gasteiger charge is -2.15. The van der Waals surface area contributed by atoms with Crippen LogP contribution >= 0.6 is 0 Å². The number of guanidine groups is 1. The molecule has 2 N–H and O–H groups in total. The molecule has 0 saturated carbocycles. The number of hydrogen-bond acceptors (Lipinski definition) is 4. The van der Waals surface area contributed by atoms with E-state index in [9.17, 15) is 4.79 Å². The van der Waals surface area contributed by atoms with Gasteiger partial charge < -0.3 is 20.3 Å². The van der Waals surface area contributed by atoms with Crippen molar-refractivity contribution in [2.24, 2.45) is 4.99 Å². The van der Waals surface area contributed by atoms with E-state index in [2.05, 4.69) is 20.6 Å². The fraction of sp³-hybridized carbons (Fsp3) is 0.269. The predicted molar refractivity (Wildman–Crippen MR) is 131 cm³/mol. The third kappa shape index (κ3) is 7.35. The molecule has 3 aromatic rings. The van der Waals surface area contributed by atoms with Gasteiger partial charge in [0, 0.05) is 51.6 Å². The molecular formula is C26H31N5O2. The van der Waals surface area contributed by atoms with Crippen LogP contribution in [0.25, 0.3) is 0 Å². The van der Waals surface area contributed by atoms with Crippen LogP contribution in [0.2, 0.25) is 0 Å². The predicted octanol–water partition coefficient (Wildman–Crippen LogP) is 3.27. The molecule has 0 aliphatic carbocycles. The Morgan fingerprint density at radius 1 is 1.00 bits per heavy atom. The van der Waals surface area contributed by atoms with E-state index in [4.69, 9.17) is 4.74 Å². The second-order valence-electron chi connectivity index (χ2n) is 7.74. The summed E-state index contributed by atoms with van der Waals surface area (Å²) in [4.78, 5) is 22.4. The standard InChI is InChI=1S/C26H31N5O2/c1-27-26(29-16-14-20-11-7-12-22(17-20)25(32)31(2)3)30-18-23-13-8-15-28-24(23)33-19-21-9-5-4-6-10-21/h4-13,15,17H,14,16,18-19H2,1-3H3,(H2,27,29,30). The van der Waals surface area contributed by atoms with Crippen molar-refractivity contribution in [2.75, 3.05) is 27.7 Å². The fourth-order valence-corrected chi connectivity index (χ4v) is 3.26.